The smallest absolute Gasteiger partial charge is 0.239 e. The van der Waals surface area contributed by atoms with Crippen molar-refractivity contribution in [2.75, 3.05) is 47.1 Å². The zero-order valence-corrected chi connectivity index (χ0v) is 14.9. The van der Waals surface area contributed by atoms with E-state index in [0.717, 1.165) is 12.4 Å². The number of nitrogens with two attached hydrogens (primary N) is 1. The third-order valence-electron chi connectivity index (χ3n) is 4.61. The van der Waals surface area contributed by atoms with E-state index in [4.69, 9.17) is 5.73 Å². The molecule has 2 atom stereocenters. The zero-order chi connectivity index (χ0) is 18.1. The third kappa shape index (κ3) is 3.55. The average molecular weight is 379 g/mol. The van der Waals surface area contributed by atoms with Gasteiger partial charge in [0.15, 0.2) is 9.84 Å². The van der Waals surface area contributed by atoms with Crippen molar-refractivity contribution < 1.29 is 8.42 Å². The fraction of sp³-hybridized carbons (Fsp3) is 0.571. The van der Waals surface area contributed by atoms with Crippen LogP contribution in [0.25, 0.3) is 0 Å². The summed E-state index contributed by atoms with van der Waals surface area (Å²) < 4.78 is 24.0. The van der Waals surface area contributed by atoms with Gasteiger partial charge in [-0.3, -0.25) is 5.10 Å². The largest absolute Gasteiger partial charge is 0.367 e. The summed E-state index contributed by atoms with van der Waals surface area (Å²) in [7, 11) is -3.01. The van der Waals surface area contributed by atoms with Gasteiger partial charge in [0.2, 0.25) is 11.9 Å². The number of fused-ring (bicyclic) bond motifs is 1. The quantitative estimate of drug-likeness (QED) is 0.477. The van der Waals surface area contributed by atoms with E-state index >= 15 is 0 Å². The lowest BCUT2D eigenvalue weighted by Gasteiger charge is -2.38. The fourth-order valence-electron chi connectivity index (χ4n) is 3.46. The summed E-state index contributed by atoms with van der Waals surface area (Å²) in [4.78, 5) is 14.9. The van der Waals surface area contributed by atoms with E-state index < -0.39 is 9.84 Å². The van der Waals surface area contributed by atoms with E-state index in [2.05, 4.69) is 40.7 Å². The molecule has 0 radical (unpaired) electrons. The number of nitrogen functional groups attached to an aromatic ring is 1. The normalized spacial score (nSPS) is 24.4. The minimum Gasteiger partial charge on any atom is -0.367 e. The number of nitrogens with one attached hydrogen (secondary N) is 3. The summed E-state index contributed by atoms with van der Waals surface area (Å²) in [5, 5.41) is 13.0. The standard InChI is InChI=1S/C14H21N9O2S/c15-13-19-11(21-22-13)1-3-17-14-18-4-2-12(20-14)23-6-5-16-9-7-26(24,25)8-10(9)23/h2,4,9-10,16H,1,3,5-8H2,(H,17,18,20)(H3,15,19,21,22)/t9-,10+/m1/s1. The number of rotatable bonds is 5. The number of aromatic nitrogens is 5. The molecule has 0 unspecified atom stereocenters. The van der Waals surface area contributed by atoms with Crippen molar-refractivity contribution in [1.82, 2.24) is 30.5 Å². The Balaban J connectivity index is 1.43. The molecule has 0 spiro atoms. The van der Waals surface area contributed by atoms with E-state index in [-0.39, 0.29) is 29.5 Å². The first-order valence-corrected chi connectivity index (χ1v) is 10.3. The van der Waals surface area contributed by atoms with Crippen molar-refractivity contribution in [2.24, 2.45) is 0 Å². The molecule has 0 amide bonds. The van der Waals surface area contributed by atoms with Crippen LogP contribution in [0.4, 0.5) is 17.7 Å². The first kappa shape index (κ1) is 17.0. The fourth-order valence-corrected chi connectivity index (χ4v) is 5.42. The van der Waals surface area contributed by atoms with Gasteiger partial charge in [0.25, 0.3) is 0 Å². The molecule has 0 saturated carbocycles. The van der Waals surface area contributed by atoms with E-state index in [9.17, 15) is 8.42 Å². The maximum Gasteiger partial charge on any atom is 0.239 e. The van der Waals surface area contributed by atoms with Gasteiger partial charge in [-0.1, -0.05) is 0 Å². The van der Waals surface area contributed by atoms with Gasteiger partial charge in [0, 0.05) is 38.3 Å². The van der Waals surface area contributed by atoms with Gasteiger partial charge in [0.05, 0.1) is 17.5 Å². The van der Waals surface area contributed by atoms with Gasteiger partial charge in [0.1, 0.15) is 11.6 Å². The van der Waals surface area contributed by atoms with E-state index in [0.29, 0.717) is 31.3 Å². The van der Waals surface area contributed by atoms with Crippen molar-refractivity contribution in [2.45, 2.75) is 18.5 Å². The molecule has 140 valence electrons. The maximum atomic E-state index is 12.0. The van der Waals surface area contributed by atoms with Gasteiger partial charge in [-0.05, 0) is 6.07 Å². The Hall–Kier alpha value is -2.47. The predicted octanol–water partition coefficient (Wildman–Crippen LogP) is -1.59. The van der Waals surface area contributed by atoms with Crippen LogP contribution in [0.1, 0.15) is 5.82 Å². The molecule has 2 aliphatic rings. The summed E-state index contributed by atoms with van der Waals surface area (Å²) >= 11 is 0. The number of hydrogen-bond acceptors (Lipinski definition) is 10. The minimum atomic E-state index is -3.01. The molecule has 4 rings (SSSR count). The highest BCUT2D eigenvalue weighted by atomic mass is 32.2. The number of sulfone groups is 1. The molecule has 2 aliphatic heterocycles. The van der Waals surface area contributed by atoms with Crippen LogP contribution in [0.3, 0.4) is 0 Å². The number of piperazine rings is 1. The van der Waals surface area contributed by atoms with Crippen LogP contribution < -0.4 is 21.3 Å². The van der Waals surface area contributed by atoms with Crippen LogP contribution in [0.5, 0.6) is 0 Å². The van der Waals surface area contributed by atoms with Crippen molar-refractivity contribution in [3.63, 3.8) is 0 Å². The monoisotopic (exact) mass is 379 g/mol. The van der Waals surface area contributed by atoms with Gasteiger partial charge >= 0.3 is 0 Å². The third-order valence-corrected chi connectivity index (χ3v) is 6.33. The van der Waals surface area contributed by atoms with Gasteiger partial charge in [-0.25, -0.2) is 13.4 Å². The summed E-state index contributed by atoms with van der Waals surface area (Å²) in [5.41, 5.74) is 5.47. The number of H-pyrrole nitrogens is 1. The molecule has 2 aromatic heterocycles. The Morgan fingerprint density at radius 1 is 1.35 bits per heavy atom. The molecule has 11 nitrogen and oxygen atoms in total. The molecule has 2 saturated heterocycles. The van der Waals surface area contributed by atoms with E-state index in [1.165, 1.54) is 0 Å². The Morgan fingerprint density at radius 2 is 2.23 bits per heavy atom. The van der Waals surface area contributed by atoms with Crippen LogP contribution in [-0.4, -0.2) is 76.8 Å². The average Bonchev–Trinajstić information content (AvgIpc) is 3.15. The molecule has 12 heteroatoms. The molecule has 2 aromatic rings. The molecule has 2 fully saturated rings. The van der Waals surface area contributed by atoms with Crippen LogP contribution in [0.15, 0.2) is 12.3 Å². The minimum absolute atomic E-state index is 0.0444. The van der Waals surface area contributed by atoms with Crippen LogP contribution in [-0.2, 0) is 16.3 Å². The molecule has 5 N–H and O–H groups in total. The summed E-state index contributed by atoms with van der Waals surface area (Å²) in [5.74, 6) is 2.48. The van der Waals surface area contributed by atoms with Crippen LogP contribution in [0.2, 0.25) is 0 Å². The van der Waals surface area contributed by atoms with Gasteiger partial charge in [-0.2, -0.15) is 9.97 Å². The number of aromatic amines is 1. The van der Waals surface area contributed by atoms with E-state index in [1.807, 2.05) is 6.07 Å². The number of anilines is 3. The highest BCUT2D eigenvalue weighted by Crippen LogP contribution is 2.25. The first-order chi connectivity index (χ1) is 12.5. The van der Waals surface area contributed by atoms with Gasteiger partial charge in [-0.15, -0.1) is 5.10 Å². The van der Waals surface area contributed by atoms with Gasteiger partial charge < -0.3 is 21.3 Å². The van der Waals surface area contributed by atoms with E-state index in [1.54, 1.807) is 6.20 Å². The number of hydrogen-bond donors (Lipinski definition) is 4. The summed E-state index contributed by atoms with van der Waals surface area (Å²) in [6.45, 7) is 2.01. The lowest BCUT2D eigenvalue weighted by atomic mass is 10.1. The summed E-state index contributed by atoms with van der Waals surface area (Å²) in [6.07, 6.45) is 2.28. The topological polar surface area (TPSA) is 155 Å². The highest BCUT2D eigenvalue weighted by Gasteiger charge is 2.43. The van der Waals surface area contributed by atoms with Crippen molar-refractivity contribution in [3.05, 3.63) is 18.1 Å². The molecular formula is C14H21N9O2S. The summed E-state index contributed by atoms with van der Waals surface area (Å²) in [6, 6.07) is 1.68. The van der Waals surface area contributed by atoms with Crippen LogP contribution in [0, 0.1) is 0 Å². The second-order valence-electron chi connectivity index (χ2n) is 6.45. The molecule has 0 aromatic carbocycles. The lowest BCUT2D eigenvalue weighted by molar-refractivity contribution is 0.423. The van der Waals surface area contributed by atoms with Crippen LogP contribution >= 0.6 is 0 Å². The Bertz CT molecular complexity index is 884. The van der Waals surface area contributed by atoms with Crippen molar-refractivity contribution in [1.29, 1.82) is 0 Å². The molecular weight excluding hydrogens is 358 g/mol. The molecule has 0 bridgehead atoms. The molecule has 0 aliphatic carbocycles. The SMILES string of the molecule is Nc1n[nH]c(CCNc2nccc(N3CCN[C@@H]4CS(=O)(=O)C[C@@H]43)n2)n1. The van der Waals surface area contributed by atoms with Crippen molar-refractivity contribution >= 4 is 27.6 Å². The predicted molar refractivity (Wildman–Crippen MR) is 96.6 cm³/mol. The Labute approximate surface area is 150 Å². The second kappa shape index (κ2) is 6.68. The Morgan fingerprint density at radius 3 is 3.04 bits per heavy atom. The number of nitrogens with zero attached hydrogens (tertiary/aromatic N) is 5. The highest BCUT2D eigenvalue weighted by molar-refractivity contribution is 7.91. The van der Waals surface area contributed by atoms with Crippen molar-refractivity contribution in [3.8, 4) is 0 Å². The molecule has 26 heavy (non-hydrogen) atoms. The zero-order valence-electron chi connectivity index (χ0n) is 14.1. The maximum absolute atomic E-state index is 12.0. The molecule has 4 heterocycles. The Kier molecular flexibility index (Phi) is 4.36. The lowest BCUT2D eigenvalue weighted by Crippen LogP contribution is -2.57. The first-order valence-electron chi connectivity index (χ1n) is 8.44. The second-order valence-corrected chi connectivity index (χ2v) is 8.61.